The quantitative estimate of drug-likeness (QED) is 0.614. The Kier molecular flexibility index (Phi) is 2.27. The fourth-order valence-corrected chi connectivity index (χ4v) is 2.46. The molecule has 0 saturated heterocycles. The van der Waals surface area contributed by atoms with Gasteiger partial charge in [0.25, 0.3) is 5.69 Å². The molecule has 2 rings (SSSR count). The topological polar surface area (TPSA) is 69.2 Å². The van der Waals surface area contributed by atoms with Crippen LogP contribution in [0.1, 0.15) is 30.9 Å². The van der Waals surface area contributed by atoms with Crippen molar-refractivity contribution in [3.63, 3.8) is 0 Å². The fraction of sp³-hybridized carbons (Fsp3) is 0.500. The highest BCUT2D eigenvalue weighted by atomic mass is 16.6. The number of nitro groups is 1. The summed E-state index contributed by atoms with van der Waals surface area (Å²) in [6, 6.07) is 5.21. The normalized spacial score (nSPS) is 26.5. The zero-order chi connectivity index (χ0) is 12.1. The van der Waals surface area contributed by atoms with E-state index in [9.17, 15) is 10.1 Å². The first-order valence-electron chi connectivity index (χ1n) is 5.37. The Morgan fingerprint density at radius 2 is 2.00 bits per heavy atom. The van der Waals surface area contributed by atoms with E-state index in [4.69, 9.17) is 5.73 Å². The average molecular weight is 220 g/mol. The van der Waals surface area contributed by atoms with Crippen molar-refractivity contribution in [1.82, 2.24) is 0 Å². The molecule has 4 heteroatoms. The summed E-state index contributed by atoms with van der Waals surface area (Å²) in [4.78, 5) is 10.7. The van der Waals surface area contributed by atoms with Crippen LogP contribution >= 0.6 is 0 Å². The SMILES string of the molecule is Cc1cccc([N+](=O)[O-])c1[C@H]1[C@H](N)C1(C)C. The van der Waals surface area contributed by atoms with E-state index in [1.54, 1.807) is 12.1 Å². The Balaban J connectivity index is 2.53. The second kappa shape index (κ2) is 3.28. The van der Waals surface area contributed by atoms with Crippen LogP contribution in [-0.4, -0.2) is 11.0 Å². The first-order chi connectivity index (χ1) is 7.37. The van der Waals surface area contributed by atoms with Gasteiger partial charge in [0, 0.05) is 23.6 Å². The van der Waals surface area contributed by atoms with Crippen LogP contribution in [0.3, 0.4) is 0 Å². The monoisotopic (exact) mass is 220 g/mol. The molecule has 86 valence electrons. The number of hydrogen-bond donors (Lipinski definition) is 1. The molecule has 0 heterocycles. The van der Waals surface area contributed by atoms with Gasteiger partial charge in [-0.25, -0.2) is 0 Å². The molecule has 0 bridgehead atoms. The highest BCUT2D eigenvalue weighted by Gasteiger charge is 2.58. The number of nitro benzene ring substituents is 1. The van der Waals surface area contributed by atoms with Crippen LogP contribution in [-0.2, 0) is 0 Å². The van der Waals surface area contributed by atoms with Gasteiger partial charge in [-0.15, -0.1) is 0 Å². The summed E-state index contributed by atoms with van der Waals surface area (Å²) >= 11 is 0. The third-order valence-corrected chi connectivity index (χ3v) is 3.72. The lowest BCUT2D eigenvalue weighted by atomic mass is 9.97. The van der Waals surface area contributed by atoms with Crippen LogP contribution < -0.4 is 5.73 Å². The molecule has 1 aliphatic carbocycles. The Hall–Kier alpha value is -1.42. The van der Waals surface area contributed by atoms with E-state index in [1.165, 1.54) is 0 Å². The lowest BCUT2D eigenvalue weighted by molar-refractivity contribution is -0.385. The molecule has 1 aliphatic rings. The van der Waals surface area contributed by atoms with Gasteiger partial charge in [-0.1, -0.05) is 26.0 Å². The molecule has 0 aliphatic heterocycles. The predicted octanol–water partition coefficient (Wildman–Crippen LogP) is 2.35. The highest BCUT2D eigenvalue weighted by molar-refractivity contribution is 5.52. The molecule has 0 radical (unpaired) electrons. The molecule has 0 spiro atoms. The molecular weight excluding hydrogens is 204 g/mol. The third kappa shape index (κ3) is 1.41. The van der Waals surface area contributed by atoms with Gasteiger partial charge in [0.15, 0.2) is 0 Å². The molecule has 1 fully saturated rings. The number of nitrogens with zero attached hydrogens (tertiary/aromatic N) is 1. The summed E-state index contributed by atoms with van der Waals surface area (Å²) in [5.41, 5.74) is 7.93. The van der Waals surface area contributed by atoms with Crippen molar-refractivity contribution in [2.24, 2.45) is 11.1 Å². The van der Waals surface area contributed by atoms with Crippen molar-refractivity contribution in [2.75, 3.05) is 0 Å². The summed E-state index contributed by atoms with van der Waals surface area (Å²) in [5.74, 6) is 0.106. The van der Waals surface area contributed by atoms with E-state index in [0.29, 0.717) is 0 Å². The average Bonchev–Trinajstić information content (AvgIpc) is 2.66. The summed E-state index contributed by atoms with van der Waals surface area (Å²) in [6.45, 7) is 6.01. The standard InChI is InChI=1S/C12H16N2O2/c1-7-5-4-6-8(14(15)16)9(7)10-11(13)12(10,2)3/h4-6,10-11H,13H2,1-3H3/t10-,11-/m0/s1. The number of benzene rings is 1. The van der Waals surface area contributed by atoms with Gasteiger partial charge in [0.2, 0.25) is 0 Å². The van der Waals surface area contributed by atoms with Crippen LogP contribution in [0.2, 0.25) is 0 Å². The van der Waals surface area contributed by atoms with Crippen molar-refractivity contribution in [2.45, 2.75) is 32.7 Å². The van der Waals surface area contributed by atoms with Crippen molar-refractivity contribution < 1.29 is 4.92 Å². The van der Waals surface area contributed by atoms with Gasteiger partial charge < -0.3 is 5.73 Å². The summed E-state index contributed by atoms with van der Waals surface area (Å²) in [7, 11) is 0. The first kappa shape index (κ1) is 11.1. The molecule has 4 nitrogen and oxygen atoms in total. The van der Waals surface area contributed by atoms with Gasteiger partial charge in [-0.2, -0.15) is 0 Å². The Bertz CT molecular complexity index is 454. The summed E-state index contributed by atoms with van der Waals surface area (Å²) < 4.78 is 0. The van der Waals surface area contributed by atoms with E-state index in [0.717, 1.165) is 11.1 Å². The number of nitrogens with two attached hydrogens (primary N) is 1. The van der Waals surface area contributed by atoms with Gasteiger partial charge in [-0.05, 0) is 17.9 Å². The minimum Gasteiger partial charge on any atom is -0.327 e. The number of rotatable bonds is 2. The molecule has 1 aromatic rings. The zero-order valence-corrected chi connectivity index (χ0v) is 9.73. The Morgan fingerprint density at radius 3 is 2.44 bits per heavy atom. The number of hydrogen-bond acceptors (Lipinski definition) is 3. The van der Waals surface area contributed by atoms with E-state index in [2.05, 4.69) is 13.8 Å². The largest absolute Gasteiger partial charge is 0.327 e. The number of aryl methyl sites for hydroxylation is 1. The van der Waals surface area contributed by atoms with Crippen molar-refractivity contribution >= 4 is 5.69 Å². The van der Waals surface area contributed by atoms with Crippen molar-refractivity contribution in [3.8, 4) is 0 Å². The second-order valence-electron chi connectivity index (χ2n) is 5.09. The van der Waals surface area contributed by atoms with Crippen LogP contribution in [0.5, 0.6) is 0 Å². The third-order valence-electron chi connectivity index (χ3n) is 3.72. The minimum absolute atomic E-state index is 0.0206. The predicted molar refractivity (Wildman–Crippen MR) is 62.3 cm³/mol. The summed E-state index contributed by atoms with van der Waals surface area (Å²) in [5, 5.41) is 11.0. The second-order valence-corrected chi connectivity index (χ2v) is 5.09. The lowest BCUT2D eigenvalue weighted by Crippen LogP contribution is -2.07. The molecule has 0 unspecified atom stereocenters. The zero-order valence-electron chi connectivity index (χ0n) is 9.73. The molecule has 0 amide bonds. The van der Waals surface area contributed by atoms with Crippen molar-refractivity contribution in [3.05, 3.63) is 39.4 Å². The molecule has 2 N–H and O–H groups in total. The minimum atomic E-state index is -0.316. The van der Waals surface area contributed by atoms with E-state index < -0.39 is 0 Å². The lowest BCUT2D eigenvalue weighted by Gasteiger charge is -2.07. The Labute approximate surface area is 94.6 Å². The van der Waals surface area contributed by atoms with Gasteiger partial charge in [-0.3, -0.25) is 10.1 Å². The van der Waals surface area contributed by atoms with Gasteiger partial charge in [0.05, 0.1) is 4.92 Å². The molecule has 1 aromatic carbocycles. The maximum atomic E-state index is 11.0. The Morgan fingerprint density at radius 1 is 1.44 bits per heavy atom. The van der Waals surface area contributed by atoms with Crippen LogP contribution in [0, 0.1) is 22.5 Å². The van der Waals surface area contributed by atoms with Crippen LogP contribution in [0.15, 0.2) is 18.2 Å². The van der Waals surface area contributed by atoms with Crippen LogP contribution in [0.25, 0.3) is 0 Å². The first-order valence-corrected chi connectivity index (χ1v) is 5.37. The maximum absolute atomic E-state index is 11.0. The van der Waals surface area contributed by atoms with E-state index in [1.807, 2.05) is 13.0 Å². The smallest absolute Gasteiger partial charge is 0.273 e. The van der Waals surface area contributed by atoms with Gasteiger partial charge in [0.1, 0.15) is 0 Å². The highest BCUT2D eigenvalue weighted by Crippen LogP contribution is 2.59. The maximum Gasteiger partial charge on any atom is 0.273 e. The molecular formula is C12H16N2O2. The van der Waals surface area contributed by atoms with Crippen molar-refractivity contribution in [1.29, 1.82) is 0 Å². The fourth-order valence-electron chi connectivity index (χ4n) is 2.46. The van der Waals surface area contributed by atoms with Crippen LogP contribution in [0.4, 0.5) is 5.69 Å². The molecule has 0 aromatic heterocycles. The molecule has 1 saturated carbocycles. The molecule has 16 heavy (non-hydrogen) atoms. The molecule has 2 atom stereocenters. The van der Waals surface area contributed by atoms with E-state index in [-0.39, 0.29) is 28.0 Å². The van der Waals surface area contributed by atoms with E-state index >= 15 is 0 Å². The summed E-state index contributed by atoms with van der Waals surface area (Å²) in [6.07, 6.45) is 0. The van der Waals surface area contributed by atoms with Gasteiger partial charge >= 0.3 is 0 Å².